The molecule has 3 nitrogen and oxygen atoms in total. The van der Waals surface area contributed by atoms with Gasteiger partial charge in [-0.05, 0) is 36.7 Å². The Balaban J connectivity index is 2.01. The van der Waals surface area contributed by atoms with Crippen LogP contribution in [0.15, 0.2) is 53.3 Å². The first kappa shape index (κ1) is 12.9. The zero-order chi connectivity index (χ0) is 13.8. The minimum Gasteiger partial charge on any atom is -0.467 e. The number of fused-ring (bicyclic) bond motifs is 1. The van der Waals surface area contributed by atoms with Crippen LogP contribution in [0.3, 0.4) is 0 Å². The van der Waals surface area contributed by atoms with Gasteiger partial charge >= 0.3 is 0 Å². The highest BCUT2D eigenvalue weighted by atomic mass is 16.3. The highest BCUT2D eigenvalue weighted by Gasteiger charge is 2.11. The summed E-state index contributed by atoms with van der Waals surface area (Å²) >= 11 is 0. The molecule has 0 fully saturated rings. The van der Waals surface area contributed by atoms with Crippen LogP contribution >= 0.6 is 0 Å². The van der Waals surface area contributed by atoms with Crippen LogP contribution in [0.25, 0.3) is 22.0 Å². The Morgan fingerprint density at radius 2 is 2.05 bits per heavy atom. The van der Waals surface area contributed by atoms with Gasteiger partial charge in [-0.2, -0.15) is 0 Å². The van der Waals surface area contributed by atoms with Gasteiger partial charge in [0.15, 0.2) is 0 Å². The van der Waals surface area contributed by atoms with Crippen molar-refractivity contribution in [3.63, 3.8) is 0 Å². The predicted octanol–water partition coefficient (Wildman–Crippen LogP) is 3.99. The van der Waals surface area contributed by atoms with E-state index in [0.29, 0.717) is 0 Å². The van der Waals surface area contributed by atoms with Crippen molar-refractivity contribution in [2.24, 2.45) is 0 Å². The maximum absolute atomic E-state index is 5.63. The lowest BCUT2D eigenvalue weighted by atomic mass is 10.0. The minimum absolute atomic E-state index is 0.757. The second-order valence-corrected chi connectivity index (χ2v) is 4.81. The Kier molecular flexibility index (Phi) is 3.79. The second kappa shape index (κ2) is 5.88. The predicted molar refractivity (Wildman–Crippen MR) is 81.4 cm³/mol. The first-order chi connectivity index (χ1) is 9.90. The van der Waals surface area contributed by atoms with Gasteiger partial charge in [0, 0.05) is 17.1 Å². The molecule has 102 valence electrons. The van der Waals surface area contributed by atoms with Gasteiger partial charge in [-0.1, -0.05) is 25.1 Å². The van der Waals surface area contributed by atoms with E-state index in [2.05, 4.69) is 29.4 Å². The quantitative estimate of drug-likeness (QED) is 0.709. The molecule has 1 N–H and O–H groups in total. The summed E-state index contributed by atoms with van der Waals surface area (Å²) in [4.78, 5) is 4.41. The van der Waals surface area contributed by atoms with Gasteiger partial charge in [-0.25, -0.2) is 0 Å². The average Bonchev–Trinajstić information content (AvgIpc) is 2.95. The molecule has 0 unspecified atom stereocenters. The number of nitrogens with one attached hydrogen (secondary N) is 1. The monoisotopic (exact) mass is 266 g/mol. The van der Waals surface area contributed by atoms with E-state index < -0.39 is 0 Å². The lowest BCUT2D eigenvalue weighted by Gasteiger charge is -2.07. The molecule has 0 aliphatic heterocycles. The van der Waals surface area contributed by atoms with Gasteiger partial charge in [-0.15, -0.1) is 0 Å². The molecule has 0 spiro atoms. The topological polar surface area (TPSA) is 38.1 Å². The average molecular weight is 266 g/mol. The van der Waals surface area contributed by atoms with Crippen molar-refractivity contribution < 1.29 is 4.42 Å². The van der Waals surface area contributed by atoms with Crippen molar-refractivity contribution >= 4 is 10.9 Å². The smallest absolute Gasteiger partial charge is 0.125 e. The number of benzene rings is 1. The molecule has 2 heterocycles. The number of hydrogen-bond donors (Lipinski definition) is 1. The van der Waals surface area contributed by atoms with Crippen LogP contribution in [0.1, 0.15) is 19.1 Å². The lowest BCUT2D eigenvalue weighted by molar-refractivity contribution is 0.484. The third-order valence-electron chi connectivity index (χ3n) is 3.39. The van der Waals surface area contributed by atoms with E-state index in [1.54, 1.807) is 6.26 Å². The van der Waals surface area contributed by atoms with Crippen LogP contribution in [-0.2, 0) is 6.54 Å². The molecule has 0 radical (unpaired) electrons. The van der Waals surface area contributed by atoms with Gasteiger partial charge in [0.05, 0.1) is 18.3 Å². The lowest BCUT2D eigenvalue weighted by Crippen LogP contribution is -2.13. The number of nitrogens with zero attached hydrogens (tertiary/aromatic N) is 1. The molecule has 0 aliphatic carbocycles. The van der Waals surface area contributed by atoms with E-state index in [9.17, 15) is 0 Å². The summed E-state index contributed by atoms with van der Waals surface area (Å²) in [6.45, 7) is 3.91. The summed E-state index contributed by atoms with van der Waals surface area (Å²) in [5.74, 6) is 0.981. The fourth-order valence-corrected chi connectivity index (χ4v) is 2.43. The second-order valence-electron chi connectivity index (χ2n) is 4.81. The Hall–Kier alpha value is -2.13. The van der Waals surface area contributed by atoms with Crippen LogP contribution in [0.2, 0.25) is 0 Å². The van der Waals surface area contributed by atoms with Gasteiger partial charge < -0.3 is 9.73 Å². The van der Waals surface area contributed by atoms with E-state index in [-0.39, 0.29) is 0 Å². The summed E-state index contributed by atoms with van der Waals surface area (Å²) in [7, 11) is 0. The molecule has 3 aromatic rings. The van der Waals surface area contributed by atoms with Crippen molar-refractivity contribution in [3.05, 3.63) is 54.6 Å². The Labute approximate surface area is 118 Å². The van der Waals surface area contributed by atoms with Crippen LogP contribution < -0.4 is 5.32 Å². The number of pyridine rings is 1. The molecule has 0 saturated heterocycles. The molecule has 0 atom stereocenters. The van der Waals surface area contributed by atoms with E-state index in [4.69, 9.17) is 4.42 Å². The SMILES string of the molecule is CCCNCc1occc1-c1cccc2ncccc12. The molecular weight excluding hydrogens is 248 g/mol. The van der Waals surface area contributed by atoms with Crippen LogP contribution in [0, 0.1) is 0 Å². The number of aromatic nitrogens is 1. The number of rotatable bonds is 5. The summed E-state index contributed by atoms with van der Waals surface area (Å²) in [5, 5.41) is 4.55. The summed E-state index contributed by atoms with van der Waals surface area (Å²) in [6.07, 6.45) is 4.70. The van der Waals surface area contributed by atoms with Crippen molar-refractivity contribution in [3.8, 4) is 11.1 Å². The van der Waals surface area contributed by atoms with Crippen molar-refractivity contribution in [1.29, 1.82) is 0 Å². The van der Waals surface area contributed by atoms with Crippen molar-refractivity contribution in [2.75, 3.05) is 6.54 Å². The Morgan fingerprint density at radius 3 is 2.95 bits per heavy atom. The third-order valence-corrected chi connectivity index (χ3v) is 3.39. The van der Waals surface area contributed by atoms with Crippen LogP contribution in [-0.4, -0.2) is 11.5 Å². The molecule has 20 heavy (non-hydrogen) atoms. The van der Waals surface area contributed by atoms with E-state index >= 15 is 0 Å². The van der Waals surface area contributed by atoms with E-state index in [1.165, 1.54) is 5.56 Å². The number of furan rings is 1. The van der Waals surface area contributed by atoms with Gasteiger partial charge in [0.1, 0.15) is 5.76 Å². The first-order valence-electron chi connectivity index (χ1n) is 7.01. The molecule has 3 heteroatoms. The van der Waals surface area contributed by atoms with Gasteiger partial charge in [0.2, 0.25) is 0 Å². The van der Waals surface area contributed by atoms with Crippen LogP contribution in [0.4, 0.5) is 0 Å². The number of hydrogen-bond acceptors (Lipinski definition) is 3. The van der Waals surface area contributed by atoms with Crippen LogP contribution in [0.5, 0.6) is 0 Å². The third kappa shape index (κ3) is 2.45. The van der Waals surface area contributed by atoms with Crippen molar-refractivity contribution in [1.82, 2.24) is 10.3 Å². The van der Waals surface area contributed by atoms with Gasteiger partial charge in [0.25, 0.3) is 0 Å². The van der Waals surface area contributed by atoms with E-state index in [0.717, 1.165) is 41.7 Å². The molecule has 0 bridgehead atoms. The van der Waals surface area contributed by atoms with Gasteiger partial charge in [-0.3, -0.25) is 4.98 Å². The normalized spacial score (nSPS) is 11.1. The summed E-state index contributed by atoms with van der Waals surface area (Å²) in [5.41, 5.74) is 3.34. The minimum atomic E-state index is 0.757. The molecular formula is C17H18N2O. The Bertz CT molecular complexity index is 698. The summed E-state index contributed by atoms with van der Waals surface area (Å²) in [6, 6.07) is 12.3. The summed E-state index contributed by atoms with van der Waals surface area (Å²) < 4.78 is 5.63. The molecule has 2 aromatic heterocycles. The largest absolute Gasteiger partial charge is 0.467 e. The van der Waals surface area contributed by atoms with E-state index in [1.807, 2.05) is 30.5 Å². The fraction of sp³-hybridized carbons (Fsp3) is 0.235. The maximum Gasteiger partial charge on any atom is 0.125 e. The standard InChI is InChI=1S/C17H18N2O/c1-2-9-18-12-17-15(8-11-20-17)13-5-3-7-16-14(13)6-4-10-19-16/h3-8,10-11,18H,2,9,12H2,1H3. The zero-order valence-corrected chi connectivity index (χ0v) is 11.6. The molecule has 3 rings (SSSR count). The highest BCUT2D eigenvalue weighted by molar-refractivity contribution is 5.94. The zero-order valence-electron chi connectivity index (χ0n) is 11.6. The maximum atomic E-state index is 5.63. The van der Waals surface area contributed by atoms with Crippen molar-refractivity contribution in [2.45, 2.75) is 19.9 Å². The Morgan fingerprint density at radius 1 is 1.10 bits per heavy atom. The highest BCUT2D eigenvalue weighted by Crippen LogP contribution is 2.30. The molecule has 0 aliphatic rings. The molecule has 1 aromatic carbocycles. The molecule has 0 amide bonds. The first-order valence-corrected chi connectivity index (χ1v) is 7.01. The molecule has 0 saturated carbocycles. The fourth-order valence-electron chi connectivity index (χ4n) is 2.43.